The van der Waals surface area contributed by atoms with Gasteiger partial charge in [-0.1, -0.05) is 12.8 Å². The highest BCUT2D eigenvalue weighted by Crippen LogP contribution is 2.32. The highest BCUT2D eigenvalue weighted by Gasteiger charge is 2.21. The Morgan fingerprint density at radius 1 is 1.73 bits per heavy atom. The van der Waals surface area contributed by atoms with Crippen LogP contribution in [0.15, 0.2) is 6.20 Å². The maximum absolute atomic E-state index is 11.2. The maximum Gasteiger partial charge on any atom is 0.360 e. The SMILES string of the molecule is COC(=O)c1nn(CCC2CC2)cc1N. The predicted octanol–water partition coefficient (Wildman–Crippen LogP) is 1.05. The zero-order valence-corrected chi connectivity index (χ0v) is 8.77. The van der Waals surface area contributed by atoms with E-state index in [0.29, 0.717) is 5.69 Å². The molecule has 0 bridgehead atoms. The molecule has 2 N–H and O–H groups in total. The largest absolute Gasteiger partial charge is 0.464 e. The molecule has 5 nitrogen and oxygen atoms in total. The third-order valence-electron chi connectivity index (χ3n) is 2.63. The molecule has 0 spiro atoms. The van der Waals surface area contributed by atoms with Crippen molar-refractivity contribution in [3.63, 3.8) is 0 Å². The van der Waals surface area contributed by atoms with Gasteiger partial charge in [0.05, 0.1) is 12.8 Å². The molecule has 5 heteroatoms. The van der Waals surface area contributed by atoms with Gasteiger partial charge in [0.15, 0.2) is 5.69 Å². The Morgan fingerprint density at radius 2 is 2.47 bits per heavy atom. The summed E-state index contributed by atoms with van der Waals surface area (Å²) >= 11 is 0. The van der Waals surface area contributed by atoms with E-state index in [2.05, 4.69) is 9.84 Å². The molecule has 0 aliphatic heterocycles. The molecule has 1 saturated carbocycles. The van der Waals surface area contributed by atoms with Crippen molar-refractivity contribution in [2.24, 2.45) is 5.92 Å². The lowest BCUT2D eigenvalue weighted by molar-refractivity contribution is 0.0594. The van der Waals surface area contributed by atoms with Crippen LogP contribution in [0.25, 0.3) is 0 Å². The van der Waals surface area contributed by atoms with Crippen LogP contribution in [0, 0.1) is 5.92 Å². The van der Waals surface area contributed by atoms with Crippen molar-refractivity contribution in [3.05, 3.63) is 11.9 Å². The van der Waals surface area contributed by atoms with Gasteiger partial charge in [-0.15, -0.1) is 0 Å². The number of aromatic nitrogens is 2. The molecule has 82 valence electrons. The summed E-state index contributed by atoms with van der Waals surface area (Å²) in [7, 11) is 1.32. The summed E-state index contributed by atoms with van der Waals surface area (Å²) in [4.78, 5) is 11.2. The Balaban J connectivity index is 2.02. The molecular weight excluding hydrogens is 194 g/mol. The summed E-state index contributed by atoms with van der Waals surface area (Å²) in [5.74, 6) is 0.370. The van der Waals surface area contributed by atoms with Crippen LogP contribution in [-0.4, -0.2) is 22.9 Å². The summed E-state index contributed by atoms with van der Waals surface area (Å²) in [6, 6.07) is 0. The van der Waals surface area contributed by atoms with E-state index in [0.717, 1.165) is 18.9 Å². The number of nitrogen functional groups attached to an aromatic ring is 1. The van der Waals surface area contributed by atoms with Crippen LogP contribution in [0.1, 0.15) is 29.8 Å². The Labute approximate surface area is 88.2 Å². The highest BCUT2D eigenvalue weighted by atomic mass is 16.5. The number of hydrogen-bond acceptors (Lipinski definition) is 4. The number of ether oxygens (including phenoxy) is 1. The Hall–Kier alpha value is -1.52. The minimum atomic E-state index is -0.474. The van der Waals surface area contributed by atoms with Gasteiger partial charge in [-0.25, -0.2) is 4.79 Å². The number of anilines is 1. The van der Waals surface area contributed by atoms with E-state index in [9.17, 15) is 4.79 Å². The molecule has 0 aromatic carbocycles. The molecule has 2 rings (SSSR count). The molecule has 1 aliphatic carbocycles. The number of methoxy groups -OCH3 is 1. The molecule has 1 fully saturated rings. The van der Waals surface area contributed by atoms with E-state index < -0.39 is 5.97 Å². The second kappa shape index (κ2) is 3.92. The fraction of sp³-hybridized carbons (Fsp3) is 0.600. The molecule has 1 heterocycles. The first-order valence-corrected chi connectivity index (χ1v) is 5.12. The molecule has 0 radical (unpaired) electrons. The van der Waals surface area contributed by atoms with Crippen LogP contribution >= 0.6 is 0 Å². The Kier molecular flexibility index (Phi) is 2.62. The zero-order chi connectivity index (χ0) is 10.8. The van der Waals surface area contributed by atoms with Crippen molar-refractivity contribution in [1.82, 2.24) is 9.78 Å². The van der Waals surface area contributed by atoms with Crippen LogP contribution in [0.5, 0.6) is 0 Å². The van der Waals surface area contributed by atoms with E-state index >= 15 is 0 Å². The molecule has 1 aromatic heterocycles. The van der Waals surface area contributed by atoms with Crippen molar-refractivity contribution < 1.29 is 9.53 Å². The van der Waals surface area contributed by atoms with Gasteiger partial charge in [0.1, 0.15) is 0 Å². The van der Waals surface area contributed by atoms with Crippen molar-refractivity contribution in [2.45, 2.75) is 25.8 Å². The van der Waals surface area contributed by atoms with Gasteiger partial charge in [-0.3, -0.25) is 4.68 Å². The van der Waals surface area contributed by atoms with Gasteiger partial charge in [0, 0.05) is 12.7 Å². The zero-order valence-electron chi connectivity index (χ0n) is 8.77. The number of hydrogen-bond donors (Lipinski definition) is 1. The molecular formula is C10H15N3O2. The van der Waals surface area contributed by atoms with Crippen LogP contribution in [0.3, 0.4) is 0 Å². The molecule has 0 saturated heterocycles. The molecule has 0 unspecified atom stereocenters. The topological polar surface area (TPSA) is 70.1 Å². The van der Waals surface area contributed by atoms with Gasteiger partial charge in [0.2, 0.25) is 0 Å². The third kappa shape index (κ3) is 2.29. The normalized spacial score (nSPS) is 15.3. The summed E-state index contributed by atoms with van der Waals surface area (Å²) < 4.78 is 6.30. The second-order valence-electron chi connectivity index (χ2n) is 3.92. The smallest absolute Gasteiger partial charge is 0.360 e. The van der Waals surface area contributed by atoms with E-state index in [-0.39, 0.29) is 5.69 Å². The van der Waals surface area contributed by atoms with Gasteiger partial charge in [0.25, 0.3) is 0 Å². The first kappa shape index (κ1) is 10.0. The fourth-order valence-corrected chi connectivity index (χ4v) is 1.53. The molecule has 1 aliphatic rings. The second-order valence-corrected chi connectivity index (χ2v) is 3.92. The van der Waals surface area contributed by atoms with Crippen LogP contribution in [0.2, 0.25) is 0 Å². The molecule has 1 aromatic rings. The number of rotatable bonds is 4. The minimum Gasteiger partial charge on any atom is -0.464 e. The number of aryl methyl sites for hydroxylation is 1. The highest BCUT2D eigenvalue weighted by molar-refractivity contribution is 5.92. The van der Waals surface area contributed by atoms with E-state index in [1.807, 2.05) is 0 Å². The molecule has 15 heavy (non-hydrogen) atoms. The minimum absolute atomic E-state index is 0.216. The molecule has 0 atom stereocenters. The van der Waals surface area contributed by atoms with Crippen molar-refractivity contribution in [1.29, 1.82) is 0 Å². The number of carbonyl (C=O) groups is 1. The third-order valence-corrected chi connectivity index (χ3v) is 2.63. The monoisotopic (exact) mass is 209 g/mol. The van der Waals surface area contributed by atoms with Crippen molar-refractivity contribution in [2.75, 3.05) is 12.8 Å². The Bertz CT molecular complexity index is 369. The summed E-state index contributed by atoms with van der Waals surface area (Å²) in [6.07, 6.45) is 5.44. The van der Waals surface area contributed by atoms with Crippen LogP contribution in [-0.2, 0) is 11.3 Å². The summed E-state index contributed by atoms with van der Waals surface area (Å²) in [6.45, 7) is 0.825. The van der Waals surface area contributed by atoms with E-state index in [4.69, 9.17) is 5.73 Å². The number of esters is 1. The van der Waals surface area contributed by atoms with Gasteiger partial charge in [-0.2, -0.15) is 5.10 Å². The van der Waals surface area contributed by atoms with Gasteiger partial charge >= 0.3 is 5.97 Å². The van der Waals surface area contributed by atoms with E-state index in [1.54, 1.807) is 10.9 Å². The predicted molar refractivity (Wildman–Crippen MR) is 55.3 cm³/mol. The van der Waals surface area contributed by atoms with Crippen molar-refractivity contribution >= 4 is 11.7 Å². The first-order valence-electron chi connectivity index (χ1n) is 5.12. The standard InChI is InChI=1S/C10H15N3O2/c1-15-10(14)9-8(11)6-13(12-9)5-4-7-2-3-7/h6-7H,2-5,11H2,1H3. The first-order chi connectivity index (χ1) is 7.20. The Morgan fingerprint density at radius 3 is 3.07 bits per heavy atom. The average Bonchev–Trinajstić information content (AvgIpc) is 2.98. The lowest BCUT2D eigenvalue weighted by Crippen LogP contribution is -2.06. The lowest BCUT2D eigenvalue weighted by atomic mass is 10.3. The number of nitrogens with two attached hydrogens (primary N) is 1. The maximum atomic E-state index is 11.2. The average molecular weight is 209 g/mol. The summed E-state index contributed by atoms with van der Waals surface area (Å²) in [5, 5.41) is 4.10. The van der Waals surface area contributed by atoms with Gasteiger partial charge in [-0.05, 0) is 12.3 Å². The van der Waals surface area contributed by atoms with Crippen LogP contribution < -0.4 is 5.73 Å². The number of carbonyl (C=O) groups excluding carboxylic acids is 1. The summed E-state index contributed by atoms with van der Waals surface area (Å²) in [5.41, 5.74) is 6.26. The lowest BCUT2D eigenvalue weighted by Gasteiger charge is -1.98. The van der Waals surface area contributed by atoms with Crippen molar-refractivity contribution in [3.8, 4) is 0 Å². The van der Waals surface area contributed by atoms with E-state index in [1.165, 1.54) is 20.0 Å². The molecule has 0 amide bonds. The van der Waals surface area contributed by atoms with Gasteiger partial charge < -0.3 is 10.5 Å². The number of nitrogens with zero attached hydrogens (tertiary/aromatic N) is 2. The quantitative estimate of drug-likeness (QED) is 0.752. The van der Waals surface area contributed by atoms with Crippen LogP contribution in [0.4, 0.5) is 5.69 Å². The fourth-order valence-electron chi connectivity index (χ4n) is 1.53.